The average molecular weight is 306 g/mol. The van der Waals surface area contributed by atoms with Crippen molar-refractivity contribution >= 4 is 33.2 Å². The molecule has 0 heterocycles. The maximum absolute atomic E-state index is 12.2. The number of nitrogen functional groups attached to an aromatic ring is 1. The first-order valence-corrected chi connectivity index (χ1v) is 7.38. The summed E-state index contributed by atoms with van der Waals surface area (Å²) in [6, 6.07) is 3.07. The van der Waals surface area contributed by atoms with Crippen LogP contribution in [0.5, 0.6) is 0 Å². The van der Waals surface area contributed by atoms with E-state index in [2.05, 4.69) is 4.72 Å². The van der Waals surface area contributed by atoms with Gasteiger partial charge in [-0.05, 0) is 24.1 Å². The van der Waals surface area contributed by atoms with Gasteiger partial charge in [-0.1, -0.05) is 25.4 Å². The Morgan fingerprint density at radius 3 is 2.42 bits per heavy atom. The predicted octanol–water partition coefficient (Wildman–Crippen LogP) is 0.710. The lowest BCUT2D eigenvalue weighted by molar-refractivity contribution is -0.120. The SMILES string of the molecule is CC(C)C(NS(=O)(=O)c1cc(Cl)ccc1N)C(N)=O. The molecule has 1 aromatic rings. The number of nitrogens with two attached hydrogens (primary N) is 2. The molecule has 0 aromatic heterocycles. The van der Waals surface area contributed by atoms with Crippen molar-refractivity contribution in [3.8, 4) is 0 Å². The van der Waals surface area contributed by atoms with Gasteiger partial charge in [0.25, 0.3) is 0 Å². The molecule has 0 spiro atoms. The molecule has 0 saturated carbocycles. The number of carbonyl (C=O) groups is 1. The van der Waals surface area contributed by atoms with E-state index in [9.17, 15) is 13.2 Å². The Balaban J connectivity index is 3.17. The van der Waals surface area contributed by atoms with Crippen molar-refractivity contribution in [2.75, 3.05) is 5.73 Å². The predicted molar refractivity (Wildman–Crippen MR) is 74.0 cm³/mol. The lowest BCUT2D eigenvalue weighted by atomic mass is 10.1. The summed E-state index contributed by atoms with van der Waals surface area (Å²) in [5.74, 6) is -1.04. The van der Waals surface area contributed by atoms with E-state index < -0.39 is 22.0 Å². The molecule has 0 bridgehead atoms. The van der Waals surface area contributed by atoms with Gasteiger partial charge in [-0.25, -0.2) is 8.42 Å². The summed E-state index contributed by atoms with van der Waals surface area (Å²) >= 11 is 5.75. The quantitative estimate of drug-likeness (QED) is 0.695. The minimum absolute atomic E-state index is 0.0453. The number of primary amides is 1. The molecule has 1 amide bonds. The molecule has 5 N–H and O–H groups in total. The van der Waals surface area contributed by atoms with Gasteiger partial charge in [0.2, 0.25) is 15.9 Å². The average Bonchev–Trinajstić information content (AvgIpc) is 2.28. The molecule has 0 saturated heterocycles. The Morgan fingerprint density at radius 2 is 1.95 bits per heavy atom. The van der Waals surface area contributed by atoms with Gasteiger partial charge in [0.15, 0.2) is 0 Å². The van der Waals surface area contributed by atoms with Crippen LogP contribution in [0.1, 0.15) is 13.8 Å². The third kappa shape index (κ3) is 3.82. The fourth-order valence-electron chi connectivity index (χ4n) is 1.49. The highest BCUT2D eigenvalue weighted by atomic mass is 35.5. The minimum Gasteiger partial charge on any atom is -0.398 e. The van der Waals surface area contributed by atoms with E-state index in [1.54, 1.807) is 13.8 Å². The molecule has 1 rings (SSSR count). The van der Waals surface area contributed by atoms with Gasteiger partial charge in [-0.3, -0.25) is 4.79 Å². The zero-order valence-corrected chi connectivity index (χ0v) is 12.1. The standard InChI is InChI=1S/C11H16ClN3O3S/c1-6(2)10(11(14)16)15-19(17,18)9-5-7(12)3-4-8(9)13/h3-6,10,15H,13H2,1-2H3,(H2,14,16). The Morgan fingerprint density at radius 1 is 1.37 bits per heavy atom. The van der Waals surface area contributed by atoms with Gasteiger partial charge in [0.05, 0.1) is 5.69 Å². The van der Waals surface area contributed by atoms with Crippen molar-refractivity contribution in [3.05, 3.63) is 23.2 Å². The number of hydrogen-bond donors (Lipinski definition) is 3. The molecule has 0 aliphatic carbocycles. The largest absolute Gasteiger partial charge is 0.398 e. The summed E-state index contributed by atoms with van der Waals surface area (Å²) in [4.78, 5) is 11.1. The van der Waals surface area contributed by atoms with Crippen molar-refractivity contribution in [2.45, 2.75) is 24.8 Å². The molecule has 6 nitrogen and oxygen atoms in total. The molecule has 0 fully saturated rings. The molecule has 1 unspecified atom stereocenters. The van der Waals surface area contributed by atoms with Crippen molar-refractivity contribution in [3.63, 3.8) is 0 Å². The number of benzene rings is 1. The van der Waals surface area contributed by atoms with E-state index in [4.69, 9.17) is 23.1 Å². The first-order chi connectivity index (χ1) is 8.65. The zero-order chi connectivity index (χ0) is 14.8. The number of anilines is 1. The van der Waals surface area contributed by atoms with E-state index in [-0.39, 0.29) is 21.5 Å². The number of halogens is 1. The topological polar surface area (TPSA) is 115 Å². The maximum Gasteiger partial charge on any atom is 0.243 e. The molecule has 1 atom stereocenters. The highest BCUT2D eigenvalue weighted by Crippen LogP contribution is 2.23. The van der Waals surface area contributed by atoms with Crippen molar-refractivity contribution in [1.82, 2.24) is 4.72 Å². The first-order valence-electron chi connectivity index (χ1n) is 5.52. The van der Waals surface area contributed by atoms with Gasteiger partial charge in [0.1, 0.15) is 10.9 Å². The van der Waals surface area contributed by atoms with Crippen LogP contribution in [-0.4, -0.2) is 20.4 Å². The van der Waals surface area contributed by atoms with Gasteiger partial charge in [-0.15, -0.1) is 0 Å². The van der Waals surface area contributed by atoms with Crippen LogP contribution in [0.4, 0.5) is 5.69 Å². The Bertz CT molecular complexity index is 587. The Hall–Kier alpha value is -1.31. The Labute approximate surface area is 117 Å². The normalized spacial score (nSPS) is 13.5. The summed E-state index contributed by atoms with van der Waals surface area (Å²) in [7, 11) is -3.96. The number of nitrogens with one attached hydrogen (secondary N) is 1. The van der Waals surface area contributed by atoms with Crippen LogP contribution in [0.25, 0.3) is 0 Å². The van der Waals surface area contributed by atoms with Gasteiger partial charge in [0, 0.05) is 5.02 Å². The van der Waals surface area contributed by atoms with Crippen molar-refractivity contribution < 1.29 is 13.2 Å². The lowest BCUT2D eigenvalue weighted by Crippen LogP contribution is -2.47. The number of hydrogen-bond acceptors (Lipinski definition) is 4. The van der Waals surface area contributed by atoms with Crippen molar-refractivity contribution in [2.24, 2.45) is 11.7 Å². The zero-order valence-electron chi connectivity index (χ0n) is 10.6. The van der Waals surface area contributed by atoms with E-state index in [1.165, 1.54) is 18.2 Å². The second kappa shape index (κ2) is 5.77. The maximum atomic E-state index is 12.2. The summed E-state index contributed by atoms with van der Waals surface area (Å²) in [5.41, 5.74) is 10.8. The molecule has 0 aliphatic heterocycles. The second-order valence-electron chi connectivity index (χ2n) is 4.43. The smallest absolute Gasteiger partial charge is 0.243 e. The molecule has 1 aromatic carbocycles. The fourth-order valence-corrected chi connectivity index (χ4v) is 3.24. The van der Waals surface area contributed by atoms with Crippen molar-refractivity contribution in [1.29, 1.82) is 0 Å². The number of sulfonamides is 1. The minimum atomic E-state index is -3.96. The van der Waals surface area contributed by atoms with Crippen LogP contribution in [0.15, 0.2) is 23.1 Å². The highest BCUT2D eigenvalue weighted by Gasteiger charge is 2.27. The van der Waals surface area contributed by atoms with Crippen LogP contribution in [0.2, 0.25) is 5.02 Å². The fraction of sp³-hybridized carbons (Fsp3) is 0.364. The van der Waals surface area contributed by atoms with E-state index in [0.29, 0.717) is 0 Å². The number of amides is 1. The second-order valence-corrected chi connectivity index (χ2v) is 6.55. The van der Waals surface area contributed by atoms with Crippen LogP contribution in [0.3, 0.4) is 0 Å². The van der Waals surface area contributed by atoms with Gasteiger partial charge < -0.3 is 11.5 Å². The van der Waals surface area contributed by atoms with E-state index in [1.807, 2.05) is 0 Å². The van der Waals surface area contributed by atoms with Crippen LogP contribution in [0, 0.1) is 5.92 Å². The summed E-state index contributed by atoms with van der Waals surface area (Å²) in [6.45, 7) is 3.36. The summed E-state index contributed by atoms with van der Waals surface area (Å²) in [6.07, 6.45) is 0. The van der Waals surface area contributed by atoms with Gasteiger partial charge in [-0.2, -0.15) is 4.72 Å². The van der Waals surface area contributed by atoms with E-state index >= 15 is 0 Å². The molecular formula is C11H16ClN3O3S. The molecule has 8 heteroatoms. The van der Waals surface area contributed by atoms with Crippen LogP contribution < -0.4 is 16.2 Å². The molecule has 0 radical (unpaired) electrons. The summed E-state index contributed by atoms with van der Waals surface area (Å²) < 4.78 is 26.6. The van der Waals surface area contributed by atoms with Gasteiger partial charge >= 0.3 is 0 Å². The molecule has 0 aliphatic rings. The molecule has 19 heavy (non-hydrogen) atoms. The third-order valence-corrected chi connectivity index (χ3v) is 4.25. The van der Waals surface area contributed by atoms with Crippen LogP contribution in [-0.2, 0) is 14.8 Å². The summed E-state index contributed by atoms with van der Waals surface area (Å²) in [5, 5.41) is 0.231. The number of carbonyl (C=O) groups excluding carboxylic acids is 1. The first kappa shape index (κ1) is 15.7. The molecule has 106 valence electrons. The Kier molecular flexibility index (Phi) is 4.78. The highest BCUT2D eigenvalue weighted by molar-refractivity contribution is 7.89. The number of rotatable bonds is 5. The van der Waals surface area contributed by atoms with Crippen LogP contribution >= 0.6 is 11.6 Å². The molecular weight excluding hydrogens is 290 g/mol. The van der Waals surface area contributed by atoms with E-state index in [0.717, 1.165) is 0 Å². The third-order valence-electron chi connectivity index (χ3n) is 2.52. The monoisotopic (exact) mass is 305 g/mol. The lowest BCUT2D eigenvalue weighted by Gasteiger charge is -2.19.